The molecule has 1 aromatic carbocycles. The number of hydrogen-bond donors (Lipinski definition) is 3. The van der Waals surface area contributed by atoms with Crippen LogP contribution < -0.4 is 10.6 Å². The highest BCUT2D eigenvalue weighted by Gasteiger charge is 2.39. The van der Waals surface area contributed by atoms with Crippen LogP contribution in [0.5, 0.6) is 0 Å². The maximum atomic E-state index is 11.9. The zero-order valence-electron chi connectivity index (χ0n) is 11.6. The minimum Gasteiger partial charge on any atom is -0.394 e. The van der Waals surface area contributed by atoms with Crippen molar-refractivity contribution in [2.75, 3.05) is 26.4 Å². The molecule has 110 valence electrons. The van der Waals surface area contributed by atoms with Crippen molar-refractivity contribution >= 4 is 6.03 Å². The fourth-order valence-corrected chi connectivity index (χ4v) is 2.44. The summed E-state index contributed by atoms with van der Waals surface area (Å²) in [6, 6.07) is 9.93. The molecular formula is C15H22N2O3. The van der Waals surface area contributed by atoms with Crippen molar-refractivity contribution in [3.8, 4) is 0 Å². The zero-order valence-corrected chi connectivity index (χ0v) is 11.6. The zero-order chi connectivity index (χ0) is 14.3. The number of amides is 2. The quantitative estimate of drug-likeness (QED) is 0.660. The summed E-state index contributed by atoms with van der Waals surface area (Å²) in [7, 11) is 0. The fourth-order valence-electron chi connectivity index (χ4n) is 2.44. The van der Waals surface area contributed by atoms with Gasteiger partial charge in [0, 0.05) is 6.54 Å². The van der Waals surface area contributed by atoms with Crippen LogP contribution in [-0.4, -0.2) is 37.5 Å². The summed E-state index contributed by atoms with van der Waals surface area (Å²) in [4.78, 5) is 11.9. The number of ether oxygens (including phenoxy) is 1. The largest absolute Gasteiger partial charge is 0.394 e. The lowest BCUT2D eigenvalue weighted by Crippen LogP contribution is -2.54. The molecule has 5 heteroatoms. The molecule has 1 aliphatic carbocycles. The molecule has 0 spiro atoms. The van der Waals surface area contributed by atoms with Crippen LogP contribution in [0.1, 0.15) is 24.8 Å². The topological polar surface area (TPSA) is 70.6 Å². The standard InChI is InChI=1S/C15H22N2O3/c18-10-12-20-11-9-16-14(19)17-15(7-4-8-15)13-5-2-1-3-6-13/h1-3,5-6,18H,4,7-12H2,(H2,16,17,19). The van der Waals surface area contributed by atoms with Gasteiger partial charge in [0.05, 0.1) is 25.4 Å². The smallest absolute Gasteiger partial charge is 0.315 e. The first kappa shape index (κ1) is 14.8. The van der Waals surface area contributed by atoms with E-state index in [9.17, 15) is 4.79 Å². The molecule has 20 heavy (non-hydrogen) atoms. The molecule has 0 heterocycles. The molecule has 0 radical (unpaired) electrons. The van der Waals surface area contributed by atoms with Crippen LogP contribution in [-0.2, 0) is 10.3 Å². The van der Waals surface area contributed by atoms with Crippen LogP contribution in [0.15, 0.2) is 30.3 Å². The highest BCUT2D eigenvalue weighted by Crippen LogP contribution is 2.40. The summed E-state index contributed by atoms with van der Waals surface area (Å²) in [6.07, 6.45) is 3.09. The van der Waals surface area contributed by atoms with E-state index in [2.05, 4.69) is 22.8 Å². The number of nitrogens with one attached hydrogen (secondary N) is 2. The Kier molecular flexibility index (Phi) is 5.38. The number of carbonyl (C=O) groups is 1. The number of rotatable bonds is 7. The Morgan fingerprint density at radius 2 is 2.00 bits per heavy atom. The second kappa shape index (κ2) is 7.26. The number of urea groups is 1. The van der Waals surface area contributed by atoms with Crippen molar-refractivity contribution in [1.29, 1.82) is 0 Å². The van der Waals surface area contributed by atoms with Gasteiger partial charge in [-0.1, -0.05) is 30.3 Å². The van der Waals surface area contributed by atoms with E-state index in [4.69, 9.17) is 9.84 Å². The van der Waals surface area contributed by atoms with Gasteiger partial charge in [0.1, 0.15) is 0 Å². The molecule has 1 aliphatic rings. The molecule has 5 nitrogen and oxygen atoms in total. The van der Waals surface area contributed by atoms with Gasteiger partial charge in [-0.2, -0.15) is 0 Å². The van der Waals surface area contributed by atoms with Crippen LogP contribution >= 0.6 is 0 Å². The average Bonchev–Trinajstić information content (AvgIpc) is 2.43. The Morgan fingerprint density at radius 1 is 1.25 bits per heavy atom. The molecule has 3 N–H and O–H groups in total. The first-order valence-corrected chi connectivity index (χ1v) is 7.07. The third-order valence-corrected chi connectivity index (χ3v) is 3.65. The molecular weight excluding hydrogens is 256 g/mol. The van der Waals surface area contributed by atoms with Crippen LogP contribution in [0, 0.1) is 0 Å². The average molecular weight is 278 g/mol. The summed E-state index contributed by atoms with van der Waals surface area (Å²) in [5.41, 5.74) is 0.954. The lowest BCUT2D eigenvalue weighted by atomic mass is 9.72. The third-order valence-electron chi connectivity index (χ3n) is 3.65. The summed E-state index contributed by atoms with van der Waals surface area (Å²) in [5, 5.41) is 14.4. The van der Waals surface area contributed by atoms with Crippen LogP contribution in [0.25, 0.3) is 0 Å². The highest BCUT2D eigenvalue weighted by atomic mass is 16.5. The van der Waals surface area contributed by atoms with Gasteiger partial charge in [-0.15, -0.1) is 0 Å². The van der Waals surface area contributed by atoms with E-state index < -0.39 is 0 Å². The Bertz CT molecular complexity index is 418. The number of aliphatic hydroxyl groups is 1. The first-order valence-electron chi connectivity index (χ1n) is 7.07. The number of carbonyl (C=O) groups excluding carboxylic acids is 1. The van der Waals surface area contributed by atoms with Gasteiger partial charge in [-0.3, -0.25) is 0 Å². The predicted molar refractivity (Wildman–Crippen MR) is 76.4 cm³/mol. The van der Waals surface area contributed by atoms with E-state index >= 15 is 0 Å². The maximum absolute atomic E-state index is 11.9. The van der Waals surface area contributed by atoms with Crippen molar-refractivity contribution in [1.82, 2.24) is 10.6 Å². The van der Waals surface area contributed by atoms with E-state index in [0.29, 0.717) is 19.8 Å². The molecule has 0 unspecified atom stereocenters. The molecule has 0 saturated heterocycles. The Labute approximate surface area is 119 Å². The Balaban J connectivity index is 1.80. The predicted octanol–water partition coefficient (Wildman–Crippen LogP) is 1.37. The maximum Gasteiger partial charge on any atom is 0.315 e. The van der Waals surface area contributed by atoms with Gasteiger partial charge in [0.15, 0.2) is 0 Å². The minimum atomic E-state index is -0.211. The van der Waals surface area contributed by atoms with Crippen LogP contribution in [0.3, 0.4) is 0 Å². The molecule has 1 saturated carbocycles. The van der Waals surface area contributed by atoms with Crippen molar-refractivity contribution in [3.05, 3.63) is 35.9 Å². The molecule has 0 bridgehead atoms. The van der Waals surface area contributed by atoms with Crippen molar-refractivity contribution < 1.29 is 14.6 Å². The number of aliphatic hydroxyl groups excluding tert-OH is 1. The number of benzene rings is 1. The van der Waals surface area contributed by atoms with Gasteiger partial charge in [-0.05, 0) is 24.8 Å². The molecule has 0 atom stereocenters. The van der Waals surface area contributed by atoms with Crippen molar-refractivity contribution in [2.24, 2.45) is 0 Å². The Morgan fingerprint density at radius 3 is 2.60 bits per heavy atom. The van der Waals surface area contributed by atoms with E-state index in [-0.39, 0.29) is 18.2 Å². The molecule has 1 aromatic rings. The first-order chi connectivity index (χ1) is 9.77. The monoisotopic (exact) mass is 278 g/mol. The molecule has 1 fully saturated rings. The molecule has 0 aliphatic heterocycles. The van der Waals surface area contributed by atoms with Crippen LogP contribution in [0.2, 0.25) is 0 Å². The SMILES string of the molecule is O=C(NCCOCCO)NC1(c2ccccc2)CCC1. The molecule has 0 aromatic heterocycles. The molecule has 2 rings (SSSR count). The highest BCUT2D eigenvalue weighted by molar-refractivity contribution is 5.75. The van der Waals surface area contributed by atoms with Gasteiger partial charge in [0.2, 0.25) is 0 Å². The fraction of sp³-hybridized carbons (Fsp3) is 0.533. The van der Waals surface area contributed by atoms with E-state index in [1.807, 2.05) is 18.2 Å². The summed E-state index contributed by atoms with van der Waals surface area (Å²) >= 11 is 0. The summed E-state index contributed by atoms with van der Waals surface area (Å²) < 4.78 is 5.10. The van der Waals surface area contributed by atoms with E-state index in [1.54, 1.807) is 0 Å². The van der Waals surface area contributed by atoms with Crippen LogP contribution in [0.4, 0.5) is 4.79 Å². The van der Waals surface area contributed by atoms with E-state index in [1.165, 1.54) is 0 Å². The summed E-state index contributed by atoms with van der Waals surface area (Å²) in [6.45, 7) is 1.16. The van der Waals surface area contributed by atoms with Gasteiger partial charge >= 0.3 is 6.03 Å². The lowest BCUT2D eigenvalue weighted by molar-refractivity contribution is 0.0940. The normalized spacial score (nSPS) is 16.2. The van der Waals surface area contributed by atoms with Crippen molar-refractivity contribution in [3.63, 3.8) is 0 Å². The van der Waals surface area contributed by atoms with Gasteiger partial charge < -0.3 is 20.5 Å². The second-order valence-electron chi connectivity index (χ2n) is 5.02. The van der Waals surface area contributed by atoms with Crippen molar-refractivity contribution in [2.45, 2.75) is 24.8 Å². The van der Waals surface area contributed by atoms with Gasteiger partial charge in [-0.25, -0.2) is 4.79 Å². The minimum absolute atomic E-state index is 0.00329. The van der Waals surface area contributed by atoms with Gasteiger partial charge in [0.25, 0.3) is 0 Å². The lowest BCUT2D eigenvalue weighted by Gasteiger charge is -2.43. The van der Waals surface area contributed by atoms with E-state index in [0.717, 1.165) is 24.8 Å². The molecule has 2 amide bonds. The second-order valence-corrected chi connectivity index (χ2v) is 5.02. The number of hydrogen-bond acceptors (Lipinski definition) is 3. The summed E-state index contributed by atoms with van der Waals surface area (Å²) in [5.74, 6) is 0. The third kappa shape index (κ3) is 3.71. The Hall–Kier alpha value is -1.59.